The topological polar surface area (TPSA) is 20.2 Å². The van der Waals surface area contributed by atoms with Crippen LogP contribution in [-0.2, 0) is 0 Å². The molecule has 1 N–H and O–H groups in total. The molecule has 0 saturated carbocycles. The Bertz CT molecular complexity index is 134. The molecule has 0 spiro atoms. The van der Waals surface area contributed by atoms with Crippen LogP contribution in [0.3, 0.4) is 0 Å². The Morgan fingerprint density at radius 3 is 2.50 bits per heavy atom. The van der Waals surface area contributed by atoms with E-state index in [9.17, 15) is 0 Å². The van der Waals surface area contributed by atoms with E-state index >= 15 is 0 Å². The highest BCUT2D eigenvalue weighted by molar-refractivity contribution is 5.00. The average Bonchev–Trinajstić information content (AvgIpc) is 1.87. The van der Waals surface area contributed by atoms with Crippen molar-refractivity contribution >= 4 is 0 Å². The first-order valence-corrected chi connectivity index (χ1v) is 3.57. The van der Waals surface area contributed by atoms with Gasteiger partial charge in [0.25, 0.3) is 0 Å². The van der Waals surface area contributed by atoms with E-state index in [4.69, 9.17) is 5.11 Å². The molecular formula is C9H16O. The summed E-state index contributed by atoms with van der Waals surface area (Å²) in [5.74, 6) is 0. The third-order valence-electron chi connectivity index (χ3n) is 1.31. The third-order valence-corrected chi connectivity index (χ3v) is 1.31. The maximum Gasteiger partial charge on any atom is 0.0639 e. The van der Waals surface area contributed by atoms with Crippen molar-refractivity contribution < 1.29 is 5.11 Å². The molecule has 0 aromatic heterocycles. The number of hydrogen-bond acceptors (Lipinski definition) is 1. The van der Waals surface area contributed by atoms with Gasteiger partial charge in [-0.3, -0.25) is 0 Å². The first kappa shape index (κ1) is 9.44. The van der Waals surface area contributed by atoms with E-state index in [2.05, 4.69) is 12.7 Å². The lowest BCUT2D eigenvalue weighted by atomic mass is 10.1. The number of aliphatic hydroxyl groups excluding tert-OH is 1. The molecule has 0 aromatic rings. The molecule has 0 amide bonds. The van der Waals surface area contributed by atoms with Gasteiger partial charge in [0.05, 0.1) is 6.61 Å². The van der Waals surface area contributed by atoms with Gasteiger partial charge in [0, 0.05) is 0 Å². The first-order chi connectivity index (χ1) is 4.66. The first-order valence-electron chi connectivity index (χ1n) is 3.57. The molecule has 0 aromatic carbocycles. The Morgan fingerprint density at radius 1 is 1.50 bits per heavy atom. The van der Waals surface area contributed by atoms with Crippen molar-refractivity contribution in [3.63, 3.8) is 0 Å². The maximum atomic E-state index is 8.61. The Labute approximate surface area is 63.1 Å². The molecule has 0 aliphatic rings. The number of aliphatic hydroxyl groups is 1. The zero-order valence-corrected chi connectivity index (χ0v) is 6.85. The van der Waals surface area contributed by atoms with Crippen molar-refractivity contribution in [2.45, 2.75) is 26.7 Å². The normalized spacial score (nSPS) is 11.7. The van der Waals surface area contributed by atoms with Gasteiger partial charge in [-0.25, -0.2) is 0 Å². The van der Waals surface area contributed by atoms with Crippen molar-refractivity contribution in [2.75, 3.05) is 6.61 Å². The van der Waals surface area contributed by atoms with Crippen LogP contribution in [0.4, 0.5) is 0 Å². The monoisotopic (exact) mass is 140 g/mol. The highest BCUT2D eigenvalue weighted by Gasteiger charge is 1.85. The van der Waals surface area contributed by atoms with Crippen LogP contribution in [0.5, 0.6) is 0 Å². The molecule has 0 aliphatic heterocycles. The van der Waals surface area contributed by atoms with Crippen LogP contribution in [0, 0.1) is 0 Å². The van der Waals surface area contributed by atoms with Gasteiger partial charge in [-0.2, -0.15) is 0 Å². The highest BCUT2D eigenvalue weighted by Crippen LogP contribution is 2.03. The summed E-state index contributed by atoms with van der Waals surface area (Å²) in [7, 11) is 0. The van der Waals surface area contributed by atoms with Gasteiger partial charge in [-0.15, -0.1) is 6.58 Å². The minimum atomic E-state index is 0.177. The van der Waals surface area contributed by atoms with Gasteiger partial charge in [0.1, 0.15) is 0 Å². The van der Waals surface area contributed by atoms with E-state index in [0.717, 1.165) is 18.4 Å². The average molecular weight is 140 g/mol. The summed E-state index contributed by atoms with van der Waals surface area (Å²) in [6.07, 6.45) is 4.08. The summed E-state index contributed by atoms with van der Waals surface area (Å²) in [4.78, 5) is 0. The second-order valence-electron chi connectivity index (χ2n) is 2.70. The molecule has 1 heteroatoms. The lowest BCUT2D eigenvalue weighted by Gasteiger charge is -1.95. The minimum Gasteiger partial charge on any atom is -0.392 e. The summed E-state index contributed by atoms with van der Waals surface area (Å²) in [6.45, 7) is 7.91. The van der Waals surface area contributed by atoms with Crippen molar-refractivity contribution in [2.24, 2.45) is 0 Å². The lowest BCUT2D eigenvalue weighted by Crippen LogP contribution is -1.83. The molecule has 0 atom stereocenters. The molecular weight excluding hydrogens is 124 g/mol. The summed E-state index contributed by atoms with van der Waals surface area (Å²) >= 11 is 0. The predicted molar refractivity (Wildman–Crippen MR) is 44.9 cm³/mol. The van der Waals surface area contributed by atoms with E-state index in [-0.39, 0.29) is 6.61 Å². The molecule has 0 aliphatic carbocycles. The fourth-order valence-corrected chi connectivity index (χ4v) is 0.630. The van der Waals surface area contributed by atoms with Gasteiger partial charge >= 0.3 is 0 Å². The highest BCUT2D eigenvalue weighted by atomic mass is 16.3. The predicted octanol–water partition coefficient (Wildman–Crippen LogP) is 2.28. The lowest BCUT2D eigenvalue weighted by molar-refractivity contribution is 0.331. The van der Waals surface area contributed by atoms with E-state index in [1.54, 1.807) is 0 Å². The molecule has 0 radical (unpaired) electrons. The second-order valence-corrected chi connectivity index (χ2v) is 2.70. The molecule has 0 bridgehead atoms. The molecule has 0 fully saturated rings. The van der Waals surface area contributed by atoms with Gasteiger partial charge in [0.2, 0.25) is 0 Å². The standard InChI is InChI=1S/C9H16O/c1-8(2)5-4-6-9(3)7-10/h6,10H,1,4-5,7H2,2-3H3/b9-6-. The number of rotatable bonds is 4. The van der Waals surface area contributed by atoms with Crippen LogP contribution in [0.15, 0.2) is 23.8 Å². The summed E-state index contributed by atoms with van der Waals surface area (Å²) in [6, 6.07) is 0. The molecule has 1 nitrogen and oxygen atoms in total. The van der Waals surface area contributed by atoms with E-state index in [1.807, 2.05) is 13.8 Å². The molecule has 0 rings (SSSR count). The van der Waals surface area contributed by atoms with Crippen molar-refractivity contribution in [1.82, 2.24) is 0 Å². The fourth-order valence-electron chi connectivity index (χ4n) is 0.630. The quantitative estimate of drug-likeness (QED) is 0.594. The Balaban J connectivity index is 3.43. The van der Waals surface area contributed by atoms with Gasteiger partial charge in [-0.1, -0.05) is 17.2 Å². The van der Waals surface area contributed by atoms with Crippen molar-refractivity contribution in [1.29, 1.82) is 0 Å². The SMILES string of the molecule is C=C(C)CC/C=C(/C)CO. The van der Waals surface area contributed by atoms with Crippen molar-refractivity contribution in [3.8, 4) is 0 Å². The number of hydrogen-bond donors (Lipinski definition) is 1. The Kier molecular flexibility index (Phi) is 4.95. The molecule has 0 unspecified atom stereocenters. The Morgan fingerprint density at radius 2 is 2.10 bits per heavy atom. The zero-order valence-electron chi connectivity index (χ0n) is 6.85. The van der Waals surface area contributed by atoms with Crippen LogP contribution < -0.4 is 0 Å². The zero-order chi connectivity index (χ0) is 7.98. The van der Waals surface area contributed by atoms with Gasteiger partial charge in [0.15, 0.2) is 0 Å². The summed E-state index contributed by atoms with van der Waals surface area (Å²) in [5.41, 5.74) is 2.24. The molecule has 58 valence electrons. The van der Waals surface area contributed by atoms with Crippen molar-refractivity contribution in [3.05, 3.63) is 23.8 Å². The molecule has 10 heavy (non-hydrogen) atoms. The number of allylic oxidation sites excluding steroid dienone is 2. The minimum absolute atomic E-state index is 0.177. The second kappa shape index (κ2) is 5.24. The molecule has 0 heterocycles. The van der Waals surface area contributed by atoms with Crippen LogP contribution >= 0.6 is 0 Å². The van der Waals surface area contributed by atoms with Crippen LogP contribution in [0.25, 0.3) is 0 Å². The van der Waals surface area contributed by atoms with Crippen LogP contribution in [0.2, 0.25) is 0 Å². The molecule has 0 saturated heterocycles. The van der Waals surface area contributed by atoms with Gasteiger partial charge in [-0.05, 0) is 26.7 Å². The van der Waals surface area contributed by atoms with Crippen LogP contribution in [-0.4, -0.2) is 11.7 Å². The largest absolute Gasteiger partial charge is 0.392 e. The van der Waals surface area contributed by atoms with Crippen LogP contribution in [0.1, 0.15) is 26.7 Å². The van der Waals surface area contributed by atoms with Gasteiger partial charge < -0.3 is 5.11 Å². The maximum absolute atomic E-state index is 8.61. The van der Waals surface area contributed by atoms with E-state index in [0.29, 0.717) is 0 Å². The smallest absolute Gasteiger partial charge is 0.0639 e. The fraction of sp³-hybridized carbons (Fsp3) is 0.556. The summed E-state index contributed by atoms with van der Waals surface area (Å²) < 4.78 is 0. The summed E-state index contributed by atoms with van der Waals surface area (Å²) in [5, 5.41) is 8.61. The van der Waals surface area contributed by atoms with E-state index in [1.165, 1.54) is 5.57 Å². The van der Waals surface area contributed by atoms with E-state index < -0.39 is 0 Å². The Hall–Kier alpha value is -0.560. The third kappa shape index (κ3) is 5.57.